The predicted octanol–water partition coefficient (Wildman–Crippen LogP) is 2.91. The van der Waals surface area contributed by atoms with Crippen LogP contribution in [0.4, 0.5) is 4.39 Å². The maximum atomic E-state index is 13.7. The van der Waals surface area contributed by atoms with E-state index in [0.29, 0.717) is 6.42 Å². The Hall–Kier alpha value is -1.72. The van der Waals surface area contributed by atoms with Crippen molar-refractivity contribution >= 4 is 16.3 Å². The molecular weight excluding hydrogens is 273 g/mol. The number of nitrogens with zero attached hydrogens (tertiary/aromatic N) is 2. The second-order valence-corrected chi connectivity index (χ2v) is 5.68. The molecule has 1 unspecified atom stereocenters. The van der Waals surface area contributed by atoms with Crippen LogP contribution in [0.15, 0.2) is 42.0 Å². The van der Waals surface area contributed by atoms with Crippen LogP contribution >= 0.6 is 11.3 Å². The van der Waals surface area contributed by atoms with Crippen LogP contribution in [-0.2, 0) is 12.8 Å². The van der Waals surface area contributed by atoms with Gasteiger partial charge in [0.25, 0.3) is 0 Å². The molecule has 2 aromatic heterocycles. The molecule has 0 saturated carbocycles. The number of imidazole rings is 1. The molecule has 20 heavy (non-hydrogen) atoms. The minimum atomic E-state index is -0.140. The Morgan fingerprint density at radius 3 is 2.95 bits per heavy atom. The summed E-state index contributed by atoms with van der Waals surface area (Å²) < 4.78 is 15.7. The van der Waals surface area contributed by atoms with Crippen molar-refractivity contribution in [2.75, 3.05) is 7.05 Å². The molecule has 0 spiro atoms. The van der Waals surface area contributed by atoms with Crippen molar-refractivity contribution < 1.29 is 4.39 Å². The van der Waals surface area contributed by atoms with Gasteiger partial charge in [-0.3, -0.25) is 4.40 Å². The Labute approximate surface area is 121 Å². The molecule has 1 atom stereocenters. The van der Waals surface area contributed by atoms with E-state index in [2.05, 4.69) is 10.3 Å². The third-order valence-corrected chi connectivity index (χ3v) is 4.20. The number of rotatable bonds is 5. The van der Waals surface area contributed by atoms with Crippen LogP contribution in [0.2, 0.25) is 0 Å². The third-order valence-electron chi connectivity index (χ3n) is 3.43. The van der Waals surface area contributed by atoms with E-state index in [1.54, 1.807) is 17.4 Å². The van der Waals surface area contributed by atoms with Crippen LogP contribution in [0.5, 0.6) is 0 Å². The van der Waals surface area contributed by atoms with Crippen molar-refractivity contribution in [2.24, 2.45) is 0 Å². The number of nitrogens with one attached hydrogen (secondary N) is 1. The fourth-order valence-electron chi connectivity index (χ4n) is 2.33. The maximum Gasteiger partial charge on any atom is 0.193 e. The van der Waals surface area contributed by atoms with Crippen LogP contribution in [0.3, 0.4) is 0 Å². The van der Waals surface area contributed by atoms with Gasteiger partial charge >= 0.3 is 0 Å². The molecular formula is C15H16FN3S. The van der Waals surface area contributed by atoms with Gasteiger partial charge in [-0.15, -0.1) is 11.3 Å². The van der Waals surface area contributed by atoms with Gasteiger partial charge in [-0.2, -0.15) is 0 Å². The second kappa shape index (κ2) is 5.73. The van der Waals surface area contributed by atoms with E-state index >= 15 is 0 Å². The summed E-state index contributed by atoms with van der Waals surface area (Å²) in [6, 6.07) is 7.12. The first kappa shape index (κ1) is 13.3. The highest BCUT2D eigenvalue weighted by Crippen LogP contribution is 2.15. The Balaban J connectivity index is 1.74. The normalized spacial score (nSPS) is 12.9. The summed E-state index contributed by atoms with van der Waals surface area (Å²) in [5.41, 5.74) is 1.78. The first-order chi connectivity index (χ1) is 9.76. The highest BCUT2D eigenvalue weighted by atomic mass is 32.1. The van der Waals surface area contributed by atoms with E-state index in [9.17, 15) is 4.39 Å². The number of halogens is 1. The van der Waals surface area contributed by atoms with Gasteiger partial charge < -0.3 is 5.32 Å². The fourth-order valence-corrected chi connectivity index (χ4v) is 3.05. The molecule has 0 saturated heterocycles. The monoisotopic (exact) mass is 289 g/mol. The van der Waals surface area contributed by atoms with Gasteiger partial charge in [0, 0.05) is 30.2 Å². The summed E-state index contributed by atoms with van der Waals surface area (Å²) in [6.45, 7) is 0. The summed E-state index contributed by atoms with van der Waals surface area (Å²) in [6.07, 6.45) is 5.49. The second-order valence-electron chi connectivity index (χ2n) is 4.81. The van der Waals surface area contributed by atoms with Gasteiger partial charge in [0.2, 0.25) is 0 Å². The number of hydrogen-bond acceptors (Lipinski definition) is 3. The first-order valence-corrected chi connectivity index (χ1v) is 7.46. The SMILES string of the molecule is CNC(Cc1cn2ccsc2n1)Cc1ccccc1F. The molecule has 0 bridgehead atoms. The zero-order valence-electron chi connectivity index (χ0n) is 11.2. The Bertz CT molecular complexity index is 675. The van der Waals surface area contributed by atoms with Crippen LogP contribution in [0.1, 0.15) is 11.3 Å². The molecule has 2 heterocycles. The zero-order chi connectivity index (χ0) is 13.9. The van der Waals surface area contributed by atoms with Gasteiger partial charge in [-0.05, 0) is 25.1 Å². The molecule has 1 aromatic carbocycles. The molecule has 0 amide bonds. The number of thiazole rings is 1. The molecule has 0 aliphatic carbocycles. The molecule has 3 aromatic rings. The van der Waals surface area contributed by atoms with Gasteiger partial charge in [0.1, 0.15) is 5.82 Å². The quantitative estimate of drug-likeness (QED) is 0.782. The van der Waals surface area contributed by atoms with Crippen molar-refractivity contribution in [3.05, 3.63) is 59.1 Å². The average Bonchev–Trinajstić information content (AvgIpc) is 3.01. The smallest absolute Gasteiger partial charge is 0.193 e. The fraction of sp³-hybridized carbons (Fsp3) is 0.267. The van der Waals surface area contributed by atoms with Gasteiger partial charge in [0.05, 0.1) is 5.69 Å². The van der Waals surface area contributed by atoms with Crippen LogP contribution in [-0.4, -0.2) is 22.5 Å². The Morgan fingerprint density at radius 1 is 1.35 bits per heavy atom. The lowest BCUT2D eigenvalue weighted by molar-refractivity contribution is 0.529. The Morgan fingerprint density at radius 2 is 2.20 bits per heavy atom. The summed E-state index contributed by atoms with van der Waals surface area (Å²) in [5, 5.41) is 5.27. The van der Waals surface area contributed by atoms with Crippen molar-refractivity contribution in [3.63, 3.8) is 0 Å². The molecule has 0 radical (unpaired) electrons. The predicted molar refractivity (Wildman–Crippen MR) is 79.7 cm³/mol. The zero-order valence-corrected chi connectivity index (χ0v) is 12.0. The summed E-state index contributed by atoms with van der Waals surface area (Å²) in [5.74, 6) is -0.140. The summed E-state index contributed by atoms with van der Waals surface area (Å²) >= 11 is 1.62. The largest absolute Gasteiger partial charge is 0.316 e. The summed E-state index contributed by atoms with van der Waals surface area (Å²) in [4.78, 5) is 5.57. The van der Waals surface area contributed by atoms with Crippen molar-refractivity contribution in [3.8, 4) is 0 Å². The molecule has 5 heteroatoms. The number of hydrogen-bond donors (Lipinski definition) is 1. The first-order valence-electron chi connectivity index (χ1n) is 6.58. The number of likely N-dealkylation sites (N-methyl/N-ethyl adjacent to an activating group) is 1. The van der Waals surface area contributed by atoms with Gasteiger partial charge in [0.15, 0.2) is 4.96 Å². The molecule has 104 valence electrons. The van der Waals surface area contributed by atoms with Crippen molar-refractivity contribution in [1.82, 2.24) is 14.7 Å². The molecule has 0 aliphatic heterocycles. The van der Waals surface area contributed by atoms with Crippen LogP contribution in [0.25, 0.3) is 4.96 Å². The number of fused-ring (bicyclic) bond motifs is 1. The average molecular weight is 289 g/mol. The third kappa shape index (κ3) is 2.73. The number of benzene rings is 1. The topological polar surface area (TPSA) is 29.3 Å². The van der Waals surface area contributed by atoms with Crippen molar-refractivity contribution in [1.29, 1.82) is 0 Å². The molecule has 0 fully saturated rings. The lowest BCUT2D eigenvalue weighted by atomic mass is 10.0. The standard InChI is InChI=1S/C15H16FN3S/c1-17-12(8-11-4-2-3-5-14(11)16)9-13-10-19-6-7-20-15(19)18-13/h2-7,10,12,17H,8-9H2,1H3. The molecule has 0 aliphatic rings. The van der Waals surface area contributed by atoms with E-state index in [0.717, 1.165) is 22.6 Å². The maximum absolute atomic E-state index is 13.7. The van der Waals surface area contributed by atoms with E-state index in [-0.39, 0.29) is 11.9 Å². The van der Waals surface area contributed by atoms with E-state index in [1.165, 1.54) is 6.07 Å². The number of aromatic nitrogens is 2. The summed E-state index contributed by atoms with van der Waals surface area (Å²) in [7, 11) is 1.91. The van der Waals surface area contributed by atoms with E-state index in [4.69, 9.17) is 0 Å². The molecule has 3 rings (SSSR count). The van der Waals surface area contributed by atoms with Crippen molar-refractivity contribution in [2.45, 2.75) is 18.9 Å². The lowest BCUT2D eigenvalue weighted by Crippen LogP contribution is -2.30. The minimum Gasteiger partial charge on any atom is -0.316 e. The van der Waals surface area contributed by atoms with Gasteiger partial charge in [-0.25, -0.2) is 9.37 Å². The van der Waals surface area contributed by atoms with E-state index in [1.807, 2.05) is 41.4 Å². The molecule has 1 N–H and O–H groups in total. The van der Waals surface area contributed by atoms with Gasteiger partial charge in [-0.1, -0.05) is 18.2 Å². The van der Waals surface area contributed by atoms with Crippen LogP contribution < -0.4 is 5.32 Å². The Kier molecular flexibility index (Phi) is 3.80. The highest BCUT2D eigenvalue weighted by Gasteiger charge is 2.13. The van der Waals surface area contributed by atoms with Crippen LogP contribution in [0, 0.1) is 5.82 Å². The highest BCUT2D eigenvalue weighted by molar-refractivity contribution is 7.15. The van der Waals surface area contributed by atoms with E-state index < -0.39 is 0 Å². The minimum absolute atomic E-state index is 0.140. The molecule has 3 nitrogen and oxygen atoms in total. The lowest BCUT2D eigenvalue weighted by Gasteiger charge is -2.15.